The molecule has 0 aromatic rings. The minimum Gasteiger partial charge on any atom is -0.389 e. The lowest BCUT2D eigenvalue weighted by atomic mass is 10.1. The molecule has 1 amide bonds. The van der Waals surface area contributed by atoms with Crippen LogP contribution in [0.4, 0.5) is 0 Å². The minimum atomic E-state index is -0.589. The normalized spacial score (nSPS) is 30.1. The van der Waals surface area contributed by atoms with E-state index in [0.29, 0.717) is 32.6 Å². The fourth-order valence-electron chi connectivity index (χ4n) is 2.22. The second-order valence-corrected chi connectivity index (χ2v) is 4.82. The number of nitrogens with one attached hydrogen (secondary N) is 1. The number of hydrogen-bond acceptors (Lipinski definition) is 5. The summed E-state index contributed by atoms with van der Waals surface area (Å²) in [5.41, 5.74) is 0. The zero-order chi connectivity index (χ0) is 12.8. The molecule has 0 unspecified atom stereocenters. The van der Waals surface area contributed by atoms with Crippen LogP contribution in [0, 0.1) is 0 Å². The van der Waals surface area contributed by atoms with E-state index in [-0.39, 0.29) is 11.9 Å². The largest absolute Gasteiger partial charge is 0.389 e. The third kappa shape index (κ3) is 4.20. The van der Waals surface area contributed by atoms with Gasteiger partial charge in [0.2, 0.25) is 5.91 Å². The van der Waals surface area contributed by atoms with Crippen LogP contribution < -0.4 is 5.32 Å². The fourth-order valence-corrected chi connectivity index (χ4v) is 2.22. The van der Waals surface area contributed by atoms with Crippen molar-refractivity contribution in [3.63, 3.8) is 0 Å². The smallest absolute Gasteiger partial charge is 0.221 e. The van der Waals surface area contributed by atoms with E-state index in [1.807, 2.05) is 5.06 Å². The monoisotopic (exact) mass is 258 g/mol. The lowest BCUT2D eigenvalue weighted by Crippen LogP contribution is -2.49. The average molecular weight is 258 g/mol. The van der Waals surface area contributed by atoms with Gasteiger partial charge in [0.1, 0.15) is 0 Å². The van der Waals surface area contributed by atoms with Gasteiger partial charge in [0.25, 0.3) is 0 Å². The van der Waals surface area contributed by atoms with E-state index in [1.165, 1.54) is 0 Å². The van der Waals surface area contributed by atoms with Crippen LogP contribution in [0.5, 0.6) is 0 Å². The molecule has 0 bridgehead atoms. The second-order valence-electron chi connectivity index (χ2n) is 4.82. The van der Waals surface area contributed by atoms with Crippen LogP contribution in [0.2, 0.25) is 0 Å². The predicted molar refractivity (Wildman–Crippen MR) is 64.7 cm³/mol. The van der Waals surface area contributed by atoms with Gasteiger partial charge in [-0.2, -0.15) is 5.06 Å². The Kier molecular flexibility index (Phi) is 5.37. The Morgan fingerprint density at radius 3 is 3.00 bits per heavy atom. The van der Waals surface area contributed by atoms with E-state index in [1.54, 1.807) is 0 Å². The first kappa shape index (κ1) is 13.7. The van der Waals surface area contributed by atoms with Gasteiger partial charge in [-0.1, -0.05) is 0 Å². The Bertz CT molecular complexity index is 269. The van der Waals surface area contributed by atoms with Gasteiger partial charge in [-0.3, -0.25) is 9.63 Å². The molecule has 2 heterocycles. The first-order valence-electron chi connectivity index (χ1n) is 6.69. The number of nitrogens with zero attached hydrogens (tertiary/aromatic N) is 1. The molecule has 6 nitrogen and oxygen atoms in total. The Balaban J connectivity index is 1.64. The molecular weight excluding hydrogens is 236 g/mol. The highest BCUT2D eigenvalue weighted by Gasteiger charge is 2.25. The zero-order valence-corrected chi connectivity index (χ0v) is 10.6. The van der Waals surface area contributed by atoms with Crippen molar-refractivity contribution in [1.29, 1.82) is 0 Å². The van der Waals surface area contributed by atoms with E-state index in [4.69, 9.17) is 9.57 Å². The molecule has 2 atom stereocenters. The summed E-state index contributed by atoms with van der Waals surface area (Å²) in [4.78, 5) is 17.2. The third-order valence-electron chi connectivity index (χ3n) is 3.34. The molecule has 0 aromatic carbocycles. The van der Waals surface area contributed by atoms with Crippen LogP contribution in [0.15, 0.2) is 0 Å². The van der Waals surface area contributed by atoms with E-state index in [0.717, 1.165) is 26.0 Å². The molecular formula is C12H22N2O4. The van der Waals surface area contributed by atoms with Crippen LogP contribution in [-0.4, -0.2) is 61.1 Å². The fraction of sp³-hybridized carbons (Fsp3) is 0.917. The van der Waals surface area contributed by atoms with Gasteiger partial charge in [0.15, 0.2) is 0 Å². The van der Waals surface area contributed by atoms with Gasteiger partial charge >= 0.3 is 0 Å². The van der Waals surface area contributed by atoms with Crippen molar-refractivity contribution in [2.24, 2.45) is 0 Å². The highest BCUT2D eigenvalue weighted by atomic mass is 16.7. The Morgan fingerprint density at radius 2 is 2.28 bits per heavy atom. The van der Waals surface area contributed by atoms with Crippen molar-refractivity contribution < 1.29 is 19.5 Å². The summed E-state index contributed by atoms with van der Waals surface area (Å²) in [6.45, 7) is 3.16. The summed E-state index contributed by atoms with van der Waals surface area (Å²) >= 11 is 0. The molecule has 2 aliphatic heterocycles. The number of aliphatic hydroxyl groups excluding tert-OH is 1. The van der Waals surface area contributed by atoms with Gasteiger partial charge in [-0.05, 0) is 19.3 Å². The van der Waals surface area contributed by atoms with Gasteiger partial charge < -0.3 is 15.2 Å². The van der Waals surface area contributed by atoms with E-state index in [9.17, 15) is 9.90 Å². The maximum atomic E-state index is 11.8. The number of carbonyl (C=O) groups is 1. The number of rotatable bonds is 4. The molecule has 2 aliphatic rings. The Hall–Kier alpha value is -0.690. The molecule has 104 valence electrons. The summed E-state index contributed by atoms with van der Waals surface area (Å²) in [7, 11) is 0. The van der Waals surface area contributed by atoms with E-state index >= 15 is 0 Å². The molecule has 2 rings (SSSR count). The molecule has 0 saturated carbocycles. The maximum absolute atomic E-state index is 11.8. The van der Waals surface area contributed by atoms with Crippen LogP contribution in [0.25, 0.3) is 0 Å². The van der Waals surface area contributed by atoms with Crippen molar-refractivity contribution in [1.82, 2.24) is 10.4 Å². The van der Waals surface area contributed by atoms with Crippen molar-refractivity contribution in [3.05, 3.63) is 0 Å². The summed E-state index contributed by atoms with van der Waals surface area (Å²) in [5, 5.41) is 14.4. The lowest BCUT2D eigenvalue weighted by Gasteiger charge is -2.29. The van der Waals surface area contributed by atoms with Crippen LogP contribution in [0.1, 0.15) is 25.7 Å². The molecule has 2 fully saturated rings. The highest BCUT2D eigenvalue weighted by molar-refractivity contribution is 5.76. The van der Waals surface area contributed by atoms with Crippen molar-refractivity contribution >= 4 is 5.91 Å². The molecule has 0 radical (unpaired) electrons. The summed E-state index contributed by atoms with van der Waals surface area (Å²) in [6, 6.07) is -0.173. The summed E-state index contributed by atoms with van der Waals surface area (Å²) < 4.78 is 5.12. The molecule has 2 N–H and O–H groups in total. The quantitative estimate of drug-likeness (QED) is 0.722. The van der Waals surface area contributed by atoms with E-state index in [2.05, 4.69) is 5.32 Å². The molecule has 0 aliphatic carbocycles. The predicted octanol–water partition coefficient (Wildman–Crippen LogP) is -0.330. The molecule has 18 heavy (non-hydrogen) atoms. The molecule has 0 spiro atoms. The molecule has 6 heteroatoms. The SMILES string of the molecule is O=C(CCN1CCCCO1)N[C@@H]1CCOC[C@H]1O. The van der Waals surface area contributed by atoms with Crippen LogP contribution in [0.3, 0.4) is 0 Å². The van der Waals surface area contributed by atoms with Gasteiger partial charge in [0, 0.05) is 26.1 Å². The lowest BCUT2D eigenvalue weighted by molar-refractivity contribution is -0.181. The minimum absolute atomic E-state index is 0.0323. The summed E-state index contributed by atoms with van der Waals surface area (Å²) in [6.07, 6.45) is 2.71. The topological polar surface area (TPSA) is 71.0 Å². The first-order chi connectivity index (χ1) is 8.75. The number of hydrogen-bond donors (Lipinski definition) is 2. The van der Waals surface area contributed by atoms with Crippen molar-refractivity contribution in [2.45, 2.75) is 37.8 Å². The third-order valence-corrected chi connectivity index (χ3v) is 3.34. The van der Waals surface area contributed by atoms with E-state index < -0.39 is 6.10 Å². The number of carbonyl (C=O) groups excluding carboxylic acids is 1. The number of aliphatic hydroxyl groups is 1. The summed E-state index contributed by atoms with van der Waals surface area (Å²) in [5.74, 6) is -0.0323. The Morgan fingerprint density at radius 1 is 1.39 bits per heavy atom. The van der Waals surface area contributed by atoms with Crippen LogP contribution >= 0.6 is 0 Å². The first-order valence-corrected chi connectivity index (χ1v) is 6.69. The van der Waals surface area contributed by atoms with Gasteiger partial charge in [0.05, 0.1) is 25.4 Å². The number of amides is 1. The van der Waals surface area contributed by atoms with Crippen molar-refractivity contribution in [3.8, 4) is 0 Å². The Labute approximate surface area is 107 Å². The number of ether oxygens (including phenoxy) is 1. The standard InChI is InChI=1S/C12H22N2O4/c15-11-9-17-8-4-10(11)13-12(16)3-6-14-5-1-2-7-18-14/h10-11,15H,1-9H2,(H,13,16)/t10-,11-/m1/s1. The molecule has 2 saturated heterocycles. The number of hydroxylamine groups is 2. The van der Waals surface area contributed by atoms with Gasteiger partial charge in [-0.15, -0.1) is 0 Å². The van der Waals surface area contributed by atoms with Crippen LogP contribution in [-0.2, 0) is 14.4 Å². The maximum Gasteiger partial charge on any atom is 0.221 e. The van der Waals surface area contributed by atoms with Crippen molar-refractivity contribution in [2.75, 3.05) is 32.9 Å². The zero-order valence-electron chi connectivity index (χ0n) is 10.6. The average Bonchev–Trinajstić information content (AvgIpc) is 2.40. The molecule has 0 aromatic heterocycles. The highest BCUT2D eigenvalue weighted by Crippen LogP contribution is 2.09. The van der Waals surface area contributed by atoms with Gasteiger partial charge in [-0.25, -0.2) is 0 Å². The second kappa shape index (κ2) is 7.04.